The van der Waals surface area contributed by atoms with Crippen molar-refractivity contribution in [2.24, 2.45) is 4.99 Å². The summed E-state index contributed by atoms with van der Waals surface area (Å²) in [5.74, 6) is 1.61. The maximum Gasteiger partial charge on any atom is 0.259 e. The highest BCUT2D eigenvalue weighted by atomic mass is 32.2. The van der Waals surface area contributed by atoms with Crippen molar-refractivity contribution in [1.82, 2.24) is 5.32 Å². The predicted molar refractivity (Wildman–Crippen MR) is 87.9 cm³/mol. The molecule has 0 spiro atoms. The Morgan fingerprint density at radius 3 is 2.86 bits per heavy atom. The van der Waals surface area contributed by atoms with E-state index in [2.05, 4.69) is 10.3 Å². The molecule has 0 saturated carbocycles. The van der Waals surface area contributed by atoms with Gasteiger partial charge in [0.25, 0.3) is 6.54 Å². The van der Waals surface area contributed by atoms with E-state index in [0.29, 0.717) is 12.5 Å². The molecule has 0 fully saturated rings. The average Bonchev–Trinajstić information content (AvgIpc) is 2.52. The lowest BCUT2D eigenvalue weighted by molar-refractivity contribution is -0.463. The number of hydrogen-bond donors (Lipinski definition) is 2. The van der Waals surface area contributed by atoms with E-state index in [4.69, 9.17) is 4.74 Å². The zero-order chi connectivity index (χ0) is 16.2. The third-order valence-electron chi connectivity index (χ3n) is 2.69. The summed E-state index contributed by atoms with van der Waals surface area (Å²) >= 11 is 1.58. The number of nitrogens with one attached hydrogen (secondary N) is 1. The van der Waals surface area contributed by atoms with Crippen molar-refractivity contribution in [3.05, 3.63) is 46.0 Å². The van der Waals surface area contributed by atoms with Crippen molar-refractivity contribution in [3.8, 4) is 0 Å². The second-order valence-electron chi connectivity index (χ2n) is 4.45. The predicted octanol–water partition coefficient (Wildman–Crippen LogP) is 1.32. The van der Waals surface area contributed by atoms with Crippen LogP contribution < -0.4 is 5.32 Å². The molecule has 0 saturated heterocycles. The lowest BCUT2D eigenvalue weighted by atomic mass is 10.1. The van der Waals surface area contributed by atoms with Crippen molar-refractivity contribution in [2.75, 3.05) is 38.4 Å². The van der Waals surface area contributed by atoms with Gasteiger partial charge < -0.3 is 15.2 Å². The van der Waals surface area contributed by atoms with Crippen molar-refractivity contribution in [2.45, 2.75) is 6.10 Å². The topological polar surface area (TPSA) is 97.0 Å². The van der Waals surface area contributed by atoms with Gasteiger partial charge >= 0.3 is 0 Å². The SMILES string of the molecule is COCSCCNC(C[N+](=O)[O-])=NCC(O)c1ccccc1. The number of amidine groups is 1. The fourth-order valence-corrected chi connectivity index (χ4v) is 2.20. The quantitative estimate of drug-likeness (QED) is 0.168. The summed E-state index contributed by atoms with van der Waals surface area (Å²) in [5, 5.41) is 23.6. The maximum absolute atomic E-state index is 10.7. The first-order chi connectivity index (χ1) is 10.6. The van der Waals surface area contributed by atoms with Gasteiger partial charge in [0.2, 0.25) is 0 Å². The van der Waals surface area contributed by atoms with E-state index in [0.717, 1.165) is 11.3 Å². The molecule has 1 rings (SSSR count). The zero-order valence-electron chi connectivity index (χ0n) is 12.5. The molecule has 7 nitrogen and oxygen atoms in total. The van der Waals surface area contributed by atoms with Crippen LogP contribution in [0.25, 0.3) is 0 Å². The van der Waals surface area contributed by atoms with Gasteiger partial charge in [0.15, 0.2) is 5.84 Å². The highest BCUT2D eigenvalue weighted by Crippen LogP contribution is 2.11. The Morgan fingerprint density at radius 1 is 1.50 bits per heavy atom. The van der Waals surface area contributed by atoms with Crippen LogP contribution in [0.15, 0.2) is 35.3 Å². The minimum atomic E-state index is -0.771. The monoisotopic (exact) mass is 327 g/mol. The maximum atomic E-state index is 10.7. The lowest BCUT2D eigenvalue weighted by Gasteiger charge is -2.10. The summed E-state index contributed by atoms with van der Waals surface area (Å²) in [5.41, 5.74) is 0.738. The molecule has 0 radical (unpaired) electrons. The molecule has 1 aromatic carbocycles. The third kappa shape index (κ3) is 7.96. The number of rotatable bonds is 10. The fourth-order valence-electron chi connectivity index (χ4n) is 1.67. The Bertz CT molecular complexity index is 470. The highest BCUT2D eigenvalue weighted by Gasteiger charge is 2.10. The minimum Gasteiger partial charge on any atom is -0.386 e. The normalized spacial score (nSPS) is 12.9. The van der Waals surface area contributed by atoms with Gasteiger partial charge in [-0.25, -0.2) is 0 Å². The van der Waals surface area contributed by atoms with Crippen LogP contribution in [0.5, 0.6) is 0 Å². The molecule has 122 valence electrons. The Balaban J connectivity index is 2.49. The number of nitrogens with zero attached hydrogens (tertiary/aromatic N) is 2. The number of thioether (sulfide) groups is 1. The van der Waals surface area contributed by atoms with E-state index < -0.39 is 11.0 Å². The number of nitro groups is 1. The Kier molecular flexibility index (Phi) is 9.20. The first-order valence-electron chi connectivity index (χ1n) is 6.82. The van der Waals surface area contributed by atoms with Gasteiger partial charge in [-0.3, -0.25) is 15.1 Å². The molecule has 0 aliphatic rings. The van der Waals surface area contributed by atoms with Crippen LogP contribution in [0.4, 0.5) is 0 Å². The van der Waals surface area contributed by atoms with Gasteiger partial charge in [-0.2, -0.15) is 0 Å². The van der Waals surface area contributed by atoms with Crippen molar-refractivity contribution in [3.63, 3.8) is 0 Å². The molecule has 0 aliphatic carbocycles. The number of aliphatic hydroxyl groups is 1. The van der Waals surface area contributed by atoms with Crippen LogP contribution in [-0.4, -0.2) is 54.3 Å². The molecule has 0 bridgehead atoms. The van der Waals surface area contributed by atoms with Crippen LogP contribution in [0, 0.1) is 10.1 Å². The summed E-state index contributed by atoms with van der Waals surface area (Å²) in [7, 11) is 1.62. The van der Waals surface area contributed by atoms with E-state index in [-0.39, 0.29) is 18.9 Å². The van der Waals surface area contributed by atoms with Gasteiger partial charge in [-0.05, 0) is 5.56 Å². The number of hydrogen-bond acceptors (Lipinski definition) is 6. The molecule has 0 amide bonds. The Morgan fingerprint density at radius 2 is 2.23 bits per heavy atom. The molecule has 0 aromatic heterocycles. The molecule has 22 heavy (non-hydrogen) atoms. The average molecular weight is 327 g/mol. The number of aliphatic hydroxyl groups excluding tert-OH is 1. The summed E-state index contributed by atoms with van der Waals surface area (Å²) in [6.07, 6.45) is -0.771. The number of aliphatic imine (C=N–C) groups is 1. The first kappa shape index (κ1) is 18.4. The standard InChI is InChI=1S/C14H21N3O4S/c1-21-11-22-8-7-15-14(10-17(19)20)16-9-13(18)12-5-3-2-4-6-12/h2-6,13,18H,7-11H2,1H3,(H,15,16). The zero-order valence-corrected chi connectivity index (χ0v) is 13.3. The minimum absolute atomic E-state index is 0.0887. The summed E-state index contributed by atoms with van der Waals surface area (Å²) in [6, 6.07) is 9.10. The summed E-state index contributed by atoms with van der Waals surface area (Å²) < 4.78 is 4.91. The molecule has 0 heterocycles. The van der Waals surface area contributed by atoms with E-state index >= 15 is 0 Å². The number of ether oxygens (including phenoxy) is 1. The van der Waals surface area contributed by atoms with E-state index in [1.54, 1.807) is 31.0 Å². The Labute approximate surface area is 133 Å². The smallest absolute Gasteiger partial charge is 0.259 e. The molecule has 0 aliphatic heterocycles. The second kappa shape index (κ2) is 11.0. The van der Waals surface area contributed by atoms with Crippen molar-refractivity contribution in [1.29, 1.82) is 0 Å². The molecule has 2 N–H and O–H groups in total. The Hall–Kier alpha value is -1.64. The van der Waals surface area contributed by atoms with Gasteiger partial charge in [0, 0.05) is 24.3 Å². The third-order valence-corrected chi connectivity index (χ3v) is 3.59. The van der Waals surface area contributed by atoms with E-state index in [1.807, 2.05) is 18.2 Å². The van der Waals surface area contributed by atoms with E-state index in [9.17, 15) is 15.2 Å². The first-order valence-corrected chi connectivity index (χ1v) is 7.97. The molecule has 1 unspecified atom stereocenters. The summed E-state index contributed by atoms with van der Waals surface area (Å²) in [6.45, 7) is 0.268. The van der Waals surface area contributed by atoms with E-state index in [1.165, 1.54) is 0 Å². The molecular formula is C14H21N3O4S. The lowest BCUT2D eigenvalue weighted by Crippen LogP contribution is -2.32. The van der Waals surface area contributed by atoms with Crippen LogP contribution in [0.1, 0.15) is 11.7 Å². The van der Waals surface area contributed by atoms with Gasteiger partial charge in [0.1, 0.15) is 0 Å². The van der Waals surface area contributed by atoms with Gasteiger partial charge in [-0.15, -0.1) is 11.8 Å². The number of benzene rings is 1. The molecular weight excluding hydrogens is 306 g/mol. The number of methoxy groups -OCH3 is 1. The second-order valence-corrected chi connectivity index (χ2v) is 5.50. The van der Waals surface area contributed by atoms with Crippen LogP contribution in [0.3, 0.4) is 0 Å². The van der Waals surface area contributed by atoms with Gasteiger partial charge in [0.05, 0.1) is 18.6 Å². The molecule has 8 heteroatoms. The molecule has 1 atom stereocenters. The fraction of sp³-hybridized carbons (Fsp3) is 0.500. The highest BCUT2D eigenvalue weighted by molar-refractivity contribution is 7.99. The van der Waals surface area contributed by atoms with Crippen molar-refractivity contribution < 1.29 is 14.8 Å². The summed E-state index contributed by atoms with van der Waals surface area (Å²) in [4.78, 5) is 14.3. The van der Waals surface area contributed by atoms with Crippen LogP contribution in [0.2, 0.25) is 0 Å². The van der Waals surface area contributed by atoms with Crippen molar-refractivity contribution >= 4 is 17.6 Å². The van der Waals surface area contributed by atoms with Crippen LogP contribution in [-0.2, 0) is 4.74 Å². The van der Waals surface area contributed by atoms with Gasteiger partial charge in [-0.1, -0.05) is 30.3 Å². The molecule has 1 aromatic rings. The largest absolute Gasteiger partial charge is 0.386 e. The van der Waals surface area contributed by atoms with Crippen LogP contribution >= 0.6 is 11.8 Å².